The van der Waals surface area contributed by atoms with Crippen molar-refractivity contribution < 1.29 is 47.7 Å². The van der Waals surface area contributed by atoms with Crippen molar-refractivity contribution in [3.05, 3.63) is 119 Å². The van der Waals surface area contributed by atoms with E-state index in [4.69, 9.17) is 43.3 Å². The first-order valence-corrected chi connectivity index (χ1v) is 26.7. The predicted molar refractivity (Wildman–Crippen MR) is 278 cm³/mol. The van der Waals surface area contributed by atoms with E-state index in [1.54, 1.807) is 48.1 Å². The number of para-hydroxylation sites is 2. The van der Waals surface area contributed by atoms with E-state index in [2.05, 4.69) is 25.2 Å². The molecule has 1 saturated heterocycles. The van der Waals surface area contributed by atoms with Gasteiger partial charge in [0.2, 0.25) is 0 Å². The van der Waals surface area contributed by atoms with E-state index in [9.17, 15) is 14.4 Å². The largest absolute Gasteiger partial charge is 0.493 e. The lowest BCUT2D eigenvalue weighted by molar-refractivity contribution is -0.318. The molecule has 10 rings (SSSR count). The molecule has 5 aliphatic rings. The van der Waals surface area contributed by atoms with Crippen LogP contribution in [0.5, 0.6) is 28.7 Å². The fraction of sp³-hybridized carbons (Fsp3) is 0.389. The highest BCUT2D eigenvalue weighted by Crippen LogP contribution is 2.44. The summed E-state index contributed by atoms with van der Waals surface area (Å²) >= 11 is 0. The number of amides is 2. The second-order valence-electron chi connectivity index (χ2n) is 18.8. The van der Waals surface area contributed by atoms with Gasteiger partial charge in [-0.25, -0.2) is 0 Å². The van der Waals surface area contributed by atoms with Crippen molar-refractivity contribution in [3.63, 3.8) is 0 Å². The molecule has 0 radical (unpaired) electrons. The van der Waals surface area contributed by atoms with Crippen LogP contribution in [0.1, 0.15) is 89.2 Å². The minimum Gasteiger partial charge on any atom is -0.493 e. The van der Waals surface area contributed by atoms with Crippen LogP contribution in [-0.4, -0.2) is 97.3 Å². The standard InChI is InChI=1S/C54H58N6O10S2/c1-54(2,72-71-21-9-16-51(61)70-58-18-11-20-69-58)17-10-19-66-40-24-36(32-67-49-28-43-41(26-47(49)64-3)52(62)59-38(30-55-43)22-34-12-5-7-14-45(34)59)57-37(25-40)33-68-50-29-44-42(27-48(50)65-4)53(63)60-39(31-56-44)23-35-13-6-8-15-46(35)60/h5-8,12-15,24-30,38-39,56H,9-11,16-23,31-33H2,1-4H3/t38-,39?/m0/s1. The number of nitrogens with one attached hydrogen (secondary N) is 1. The molecule has 6 heterocycles. The van der Waals surface area contributed by atoms with E-state index < -0.39 is 0 Å². The van der Waals surface area contributed by atoms with Gasteiger partial charge in [0.1, 0.15) is 19.0 Å². The van der Waals surface area contributed by atoms with Gasteiger partial charge < -0.3 is 38.7 Å². The number of methoxy groups -OCH3 is 2. The molecule has 0 bridgehead atoms. The third-order valence-corrected chi connectivity index (χ3v) is 16.6. The molecular formula is C54H58N6O10S2. The summed E-state index contributed by atoms with van der Waals surface area (Å²) in [7, 11) is 6.67. The minimum absolute atomic E-state index is 0.0180. The van der Waals surface area contributed by atoms with Crippen molar-refractivity contribution in [1.82, 2.24) is 10.2 Å². The lowest BCUT2D eigenvalue weighted by Gasteiger charge is -2.23. The van der Waals surface area contributed by atoms with E-state index in [0.29, 0.717) is 102 Å². The average Bonchev–Trinajstić information content (AvgIpc) is 4.10. The highest BCUT2D eigenvalue weighted by atomic mass is 33.1. The van der Waals surface area contributed by atoms with E-state index in [1.165, 1.54) is 5.23 Å². The summed E-state index contributed by atoms with van der Waals surface area (Å²) in [6, 6.07) is 26.5. The Hall–Kier alpha value is -6.47. The van der Waals surface area contributed by atoms with Gasteiger partial charge in [-0.1, -0.05) is 58.0 Å². The normalized spacial score (nSPS) is 17.7. The fourth-order valence-electron chi connectivity index (χ4n) is 9.62. The van der Waals surface area contributed by atoms with Crippen LogP contribution in [0.15, 0.2) is 89.9 Å². The van der Waals surface area contributed by atoms with E-state index >= 15 is 0 Å². The molecule has 72 heavy (non-hydrogen) atoms. The highest BCUT2D eigenvalue weighted by Gasteiger charge is 2.39. The average molecular weight is 1020 g/mol. The minimum atomic E-state index is -0.274. The first-order valence-electron chi connectivity index (χ1n) is 24.4. The second-order valence-corrected chi connectivity index (χ2v) is 21.9. The van der Waals surface area contributed by atoms with Gasteiger partial charge in [0, 0.05) is 71.7 Å². The number of carbonyl (C=O) groups is 3. The molecule has 18 heteroatoms. The van der Waals surface area contributed by atoms with Crippen LogP contribution < -0.4 is 38.8 Å². The summed E-state index contributed by atoms with van der Waals surface area (Å²) in [6.45, 7) is 6.74. The number of hydroxylamine groups is 2. The van der Waals surface area contributed by atoms with Crippen molar-refractivity contribution in [2.45, 2.75) is 88.8 Å². The van der Waals surface area contributed by atoms with Crippen LogP contribution in [-0.2, 0) is 40.5 Å². The van der Waals surface area contributed by atoms with E-state index in [1.807, 2.05) is 82.6 Å². The lowest BCUT2D eigenvalue weighted by Crippen LogP contribution is -2.39. The molecule has 1 fully saturated rings. The van der Waals surface area contributed by atoms with Crippen molar-refractivity contribution in [2.75, 3.05) is 61.4 Å². The summed E-state index contributed by atoms with van der Waals surface area (Å²) in [4.78, 5) is 64.2. The summed E-state index contributed by atoms with van der Waals surface area (Å²) in [6.07, 6.45) is 6.88. The van der Waals surface area contributed by atoms with Gasteiger partial charge in [0.25, 0.3) is 11.8 Å². The number of rotatable bonds is 20. The summed E-state index contributed by atoms with van der Waals surface area (Å²) in [5.74, 6) is 2.57. The Bertz CT molecular complexity index is 2880. The van der Waals surface area contributed by atoms with Crippen molar-refractivity contribution >= 4 is 68.3 Å². The van der Waals surface area contributed by atoms with Crippen molar-refractivity contribution in [3.8, 4) is 28.7 Å². The van der Waals surface area contributed by atoms with Gasteiger partial charge in [-0.05, 0) is 86.6 Å². The molecule has 1 aromatic heterocycles. The number of anilines is 3. The first kappa shape index (κ1) is 49.1. The molecule has 2 amide bonds. The van der Waals surface area contributed by atoms with Crippen molar-refractivity contribution in [2.24, 2.45) is 4.99 Å². The quantitative estimate of drug-likeness (QED) is 0.0579. The Morgan fingerprint density at radius 1 is 0.806 bits per heavy atom. The molecule has 0 saturated carbocycles. The van der Waals surface area contributed by atoms with Gasteiger partial charge in [-0.15, -0.1) is 0 Å². The van der Waals surface area contributed by atoms with Crippen LogP contribution in [0.4, 0.5) is 22.7 Å². The number of hydrogen-bond donors (Lipinski definition) is 1. The van der Waals surface area contributed by atoms with E-state index in [0.717, 1.165) is 60.4 Å². The molecule has 16 nitrogen and oxygen atoms in total. The molecule has 1 unspecified atom stereocenters. The summed E-state index contributed by atoms with van der Waals surface area (Å²) < 4.78 is 30.9. The molecule has 5 aromatic rings. The summed E-state index contributed by atoms with van der Waals surface area (Å²) in [5.41, 5.74) is 7.32. The van der Waals surface area contributed by atoms with Crippen LogP contribution in [0.3, 0.4) is 0 Å². The maximum Gasteiger partial charge on any atom is 0.328 e. The topological polar surface area (TPSA) is 163 Å². The number of hydrogen-bond acceptors (Lipinski definition) is 16. The Balaban J connectivity index is 0.827. The second kappa shape index (κ2) is 21.7. The number of carbonyl (C=O) groups excluding carboxylic acids is 3. The lowest BCUT2D eigenvalue weighted by atomic mass is 10.1. The van der Waals surface area contributed by atoms with E-state index in [-0.39, 0.29) is 47.8 Å². The Morgan fingerprint density at radius 2 is 1.49 bits per heavy atom. The number of pyridine rings is 1. The summed E-state index contributed by atoms with van der Waals surface area (Å²) in [5, 5.41) is 4.78. The zero-order chi connectivity index (χ0) is 49.8. The predicted octanol–water partition coefficient (Wildman–Crippen LogP) is 9.74. The van der Waals surface area contributed by atoms with Crippen LogP contribution in [0.25, 0.3) is 0 Å². The molecular weight excluding hydrogens is 957 g/mol. The van der Waals surface area contributed by atoms with Crippen molar-refractivity contribution in [1.29, 1.82) is 0 Å². The zero-order valence-corrected chi connectivity index (χ0v) is 42.5. The Kier molecular flexibility index (Phi) is 14.8. The van der Waals surface area contributed by atoms with Gasteiger partial charge >= 0.3 is 5.97 Å². The number of benzene rings is 4. The van der Waals surface area contributed by atoms with Crippen LogP contribution >= 0.6 is 21.6 Å². The van der Waals surface area contributed by atoms with Gasteiger partial charge in [-0.3, -0.25) is 34.1 Å². The first-order chi connectivity index (χ1) is 35.0. The number of ether oxygens (including phenoxy) is 5. The van der Waals surface area contributed by atoms with Gasteiger partial charge in [0.15, 0.2) is 23.0 Å². The maximum absolute atomic E-state index is 14.1. The monoisotopic (exact) mass is 1010 g/mol. The van der Waals surface area contributed by atoms with Crippen LogP contribution in [0.2, 0.25) is 0 Å². The molecule has 0 spiro atoms. The zero-order valence-electron chi connectivity index (χ0n) is 40.8. The van der Waals surface area contributed by atoms with Gasteiger partial charge in [0.05, 0.1) is 80.0 Å². The third kappa shape index (κ3) is 10.8. The molecule has 0 aliphatic carbocycles. The molecule has 5 aliphatic heterocycles. The number of aliphatic imine (C=N–C) groups is 1. The maximum atomic E-state index is 14.1. The number of nitrogens with zero attached hydrogens (tertiary/aromatic N) is 5. The molecule has 376 valence electrons. The van der Waals surface area contributed by atoms with Gasteiger partial charge in [-0.2, -0.15) is 0 Å². The number of fused-ring (bicyclic) bond motifs is 8. The smallest absolute Gasteiger partial charge is 0.328 e. The Labute approximate surface area is 427 Å². The highest BCUT2D eigenvalue weighted by molar-refractivity contribution is 8.77. The molecule has 2 atom stereocenters. The number of aromatic nitrogens is 1. The van der Waals surface area contributed by atoms with Crippen LogP contribution in [0, 0.1) is 0 Å². The molecule has 4 aromatic carbocycles. The Morgan fingerprint density at radius 3 is 2.21 bits per heavy atom. The fourth-order valence-corrected chi connectivity index (χ4v) is 12.3. The SMILES string of the molecule is COc1cc2c(cc1OCc1cc(OCCCC(C)(C)SSCCCC(=O)ON3CCCO3)cc(COc3cc4c(cc3OC)C(=O)N3c5ccccc5CC3CN4)n1)N=C[C@@H]1Cc3ccccc3N1C2=O. The molecule has 1 N–H and O–H groups in total. The third-order valence-electron chi connectivity index (χ3n) is 13.1.